The van der Waals surface area contributed by atoms with E-state index >= 15 is 0 Å². The van der Waals surface area contributed by atoms with Gasteiger partial charge in [-0.1, -0.05) is 78.9 Å². The quantitative estimate of drug-likeness (QED) is 0.258. The molecule has 0 N–H and O–H groups in total. The van der Waals surface area contributed by atoms with E-state index in [2.05, 4.69) is 156 Å². The second kappa shape index (κ2) is 9.00. The van der Waals surface area contributed by atoms with Gasteiger partial charge in [-0.15, -0.1) is 0 Å². The second-order valence-corrected chi connectivity index (χ2v) is 8.81. The monoisotopic (exact) mass is 450 g/mol. The van der Waals surface area contributed by atoms with Crippen molar-refractivity contribution >= 4 is 50.0 Å². The first kappa shape index (κ1) is 21.0. The molecule has 0 unspecified atom stereocenters. The number of para-hydroxylation sites is 1. The average molecular weight is 451 g/mol. The lowest BCUT2D eigenvalue weighted by molar-refractivity contribution is 1.21. The van der Waals surface area contributed by atoms with Gasteiger partial charge in [0, 0.05) is 35.5 Å². The highest BCUT2D eigenvalue weighted by Crippen LogP contribution is 2.37. The van der Waals surface area contributed by atoms with Gasteiger partial charge in [0.2, 0.25) is 0 Å². The van der Waals surface area contributed by atoms with E-state index in [9.17, 15) is 0 Å². The maximum absolute atomic E-state index is 2.31. The summed E-state index contributed by atoms with van der Waals surface area (Å²) in [5, 5.41) is 4.99. The Bertz CT molecular complexity index is 1600. The standard InChI is InChI=1S/C33H26N2/c1-34(32-17-15-25-9-5-7-11-27(25)23-32)29-19-21-31(22-20-29)35(30-13-3-2-4-14-30)33-18-16-26-10-6-8-12-28(26)24-33/h2-24H,1H3. The van der Waals surface area contributed by atoms with Crippen LogP contribution in [0.5, 0.6) is 0 Å². The van der Waals surface area contributed by atoms with Crippen LogP contribution >= 0.6 is 0 Å². The zero-order valence-corrected chi connectivity index (χ0v) is 19.7. The minimum absolute atomic E-state index is 1.13. The Labute approximate surface area is 206 Å². The van der Waals surface area contributed by atoms with Crippen molar-refractivity contribution in [3.63, 3.8) is 0 Å². The Balaban J connectivity index is 1.37. The van der Waals surface area contributed by atoms with Gasteiger partial charge in [0.05, 0.1) is 0 Å². The molecule has 0 fully saturated rings. The Hall–Kier alpha value is -4.56. The zero-order valence-electron chi connectivity index (χ0n) is 19.7. The maximum atomic E-state index is 2.31. The molecule has 0 amide bonds. The number of rotatable bonds is 5. The fourth-order valence-electron chi connectivity index (χ4n) is 4.70. The van der Waals surface area contributed by atoms with Crippen LogP contribution in [0.4, 0.5) is 28.4 Å². The molecule has 6 rings (SSSR count). The fraction of sp³-hybridized carbons (Fsp3) is 0.0303. The summed E-state index contributed by atoms with van der Waals surface area (Å²) in [4.78, 5) is 4.55. The van der Waals surface area contributed by atoms with Gasteiger partial charge in [-0.05, 0) is 82.2 Å². The highest BCUT2D eigenvalue weighted by molar-refractivity contribution is 5.90. The minimum atomic E-state index is 1.13. The highest BCUT2D eigenvalue weighted by atomic mass is 15.1. The predicted octanol–water partition coefficient (Wildman–Crippen LogP) is 9.23. The summed E-state index contributed by atoms with van der Waals surface area (Å²) in [7, 11) is 2.12. The van der Waals surface area contributed by atoms with E-state index < -0.39 is 0 Å². The first-order valence-corrected chi connectivity index (χ1v) is 11.9. The molecular formula is C33H26N2. The molecule has 0 saturated heterocycles. The van der Waals surface area contributed by atoms with Gasteiger partial charge < -0.3 is 9.80 Å². The van der Waals surface area contributed by atoms with Crippen LogP contribution in [0.1, 0.15) is 0 Å². The summed E-state index contributed by atoms with van der Waals surface area (Å²) >= 11 is 0. The van der Waals surface area contributed by atoms with Crippen LogP contribution < -0.4 is 9.80 Å². The summed E-state index contributed by atoms with van der Waals surface area (Å²) in [6.45, 7) is 0. The van der Waals surface area contributed by atoms with Crippen LogP contribution in [0, 0.1) is 0 Å². The number of benzene rings is 6. The molecule has 0 aliphatic rings. The van der Waals surface area contributed by atoms with Gasteiger partial charge in [-0.25, -0.2) is 0 Å². The Kier molecular flexibility index (Phi) is 5.40. The summed E-state index contributed by atoms with van der Waals surface area (Å²) in [6, 6.07) is 49.6. The van der Waals surface area contributed by atoms with E-state index in [4.69, 9.17) is 0 Å². The van der Waals surface area contributed by atoms with Crippen LogP contribution in [-0.2, 0) is 0 Å². The molecule has 6 aromatic rings. The number of anilines is 5. The van der Waals surface area contributed by atoms with Crippen LogP contribution in [-0.4, -0.2) is 7.05 Å². The number of fused-ring (bicyclic) bond motifs is 2. The van der Waals surface area contributed by atoms with Gasteiger partial charge >= 0.3 is 0 Å². The predicted molar refractivity (Wildman–Crippen MR) is 151 cm³/mol. The van der Waals surface area contributed by atoms with Crippen molar-refractivity contribution in [3.05, 3.63) is 140 Å². The zero-order chi connectivity index (χ0) is 23.6. The summed E-state index contributed by atoms with van der Waals surface area (Å²) < 4.78 is 0. The van der Waals surface area contributed by atoms with Gasteiger partial charge in [0.15, 0.2) is 0 Å². The summed E-state index contributed by atoms with van der Waals surface area (Å²) in [5.74, 6) is 0. The first-order chi connectivity index (χ1) is 17.3. The molecule has 0 aromatic heterocycles. The van der Waals surface area contributed by atoms with Crippen molar-refractivity contribution in [1.29, 1.82) is 0 Å². The van der Waals surface area contributed by atoms with Gasteiger partial charge in [0.25, 0.3) is 0 Å². The lowest BCUT2D eigenvalue weighted by atomic mass is 10.1. The van der Waals surface area contributed by atoms with Crippen molar-refractivity contribution in [1.82, 2.24) is 0 Å². The Morgan fingerprint density at radius 2 is 0.771 bits per heavy atom. The molecule has 0 spiro atoms. The van der Waals surface area contributed by atoms with E-state index in [0.717, 1.165) is 22.7 Å². The number of hydrogen-bond acceptors (Lipinski definition) is 2. The molecular weight excluding hydrogens is 424 g/mol. The van der Waals surface area contributed by atoms with Gasteiger partial charge in [-0.2, -0.15) is 0 Å². The van der Waals surface area contributed by atoms with E-state index in [1.165, 1.54) is 27.2 Å². The highest BCUT2D eigenvalue weighted by Gasteiger charge is 2.14. The maximum Gasteiger partial charge on any atom is 0.0468 e. The second-order valence-electron chi connectivity index (χ2n) is 8.81. The first-order valence-electron chi connectivity index (χ1n) is 11.9. The smallest absolute Gasteiger partial charge is 0.0468 e. The molecule has 0 radical (unpaired) electrons. The Morgan fingerprint density at radius 1 is 0.343 bits per heavy atom. The van der Waals surface area contributed by atoms with E-state index in [1.54, 1.807) is 0 Å². The summed E-state index contributed by atoms with van der Waals surface area (Å²) in [5.41, 5.74) is 5.73. The van der Waals surface area contributed by atoms with Crippen molar-refractivity contribution in [2.24, 2.45) is 0 Å². The molecule has 0 aliphatic heterocycles. The fourth-order valence-corrected chi connectivity index (χ4v) is 4.70. The molecule has 2 nitrogen and oxygen atoms in total. The normalized spacial score (nSPS) is 11.0. The van der Waals surface area contributed by atoms with Crippen LogP contribution in [0.15, 0.2) is 140 Å². The third kappa shape index (κ3) is 4.11. The van der Waals surface area contributed by atoms with E-state index in [1.807, 2.05) is 0 Å². The van der Waals surface area contributed by atoms with Crippen molar-refractivity contribution < 1.29 is 0 Å². The number of hydrogen-bond donors (Lipinski definition) is 0. The molecule has 35 heavy (non-hydrogen) atoms. The SMILES string of the molecule is CN(c1ccc(N(c2ccccc2)c2ccc3ccccc3c2)cc1)c1ccc2ccccc2c1. The summed E-state index contributed by atoms with van der Waals surface area (Å²) in [6.07, 6.45) is 0. The Morgan fingerprint density at radius 3 is 1.40 bits per heavy atom. The molecule has 0 atom stereocenters. The van der Waals surface area contributed by atoms with Crippen LogP contribution in [0.2, 0.25) is 0 Å². The molecule has 2 heteroatoms. The third-order valence-corrected chi connectivity index (χ3v) is 6.62. The number of nitrogens with zero attached hydrogens (tertiary/aromatic N) is 2. The molecule has 0 saturated carbocycles. The molecule has 0 bridgehead atoms. The topological polar surface area (TPSA) is 6.48 Å². The molecule has 0 heterocycles. The lowest BCUT2D eigenvalue weighted by Gasteiger charge is -2.27. The van der Waals surface area contributed by atoms with Crippen LogP contribution in [0.3, 0.4) is 0 Å². The van der Waals surface area contributed by atoms with E-state index in [0.29, 0.717) is 0 Å². The molecule has 0 aliphatic carbocycles. The van der Waals surface area contributed by atoms with Gasteiger partial charge in [-0.3, -0.25) is 0 Å². The van der Waals surface area contributed by atoms with Crippen molar-refractivity contribution in [2.45, 2.75) is 0 Å². The van der Waals surface area contributed by atoms with E-state index in [-0.39, 0.29) is 0 Å². The lowest BCUT2D eigenvalue weighted by Crippen LogP contribution is -2.12. The van der Waals surface area contributed by atoms with Gasteiger partial charge in [0.1, 0.15) is 0 Å². The molecule has 6 aromatic carbocycles. The van der Waals surface area contributed by atoms with Crippen molar-refractivity contribution in [3.8, 4) is 0 Å². The third-order valence-electron chi connectivity index (χ3n) is 6.62. The minimum Gasteiger partial charge on any atom is -0.345 e. The van der Waals surface area contributed by atoms with Crippen molar-refractivity contribution in [2.75, 3.05) is 16.8 Å². The van der Waals surface area contributed by atoms with Crippen LogP contribution in [0.25, 0.3) is 21.5 Å². The average Bonchev–Trinajstić information content (AvgIpc) is 2.93. The largest absolute Gasteiger partial charge is 0.345 e. The molecule has 168 valence electrons.